The molecule has 0 saturated carbocycles. The molecule has 7 nitrogen and oxygen atoms in total. The summed E-state index contributed by atoms with van der Waals surface area (Å²) in [5, 5.41) is 11.9. The molecule has 206 valence electrons. The summed E-state index contributed by atoms with van der Waals surface area (Å²) in [6.45, 7) is 9.04. The Labute approximate surface area is 237 Å². The molecule has 1 amide bonds. The smallest absolute Gasteiger partial charge is 0.301 e. The summed E-state index contributed by atoms with van der Waals surface area (Å²) in [4.78, 5) is 33.4. The molecule has 0 radical (unpaired) electrons. The number of hydrogen-bond donors (Lipinski definition) is 1. The molecule has 1 aliphatic rings. The number of benzene rings is 3. The first-order valence-corrected chi connectivity index (χ1v) is 14.3. The summed E-state index contributed by atoms with van der Waals surface area (Å²) in [6, 6.07) is 17.4. The lowest BCUT2D eigenvalue weighted by Crippen LogP contribution is -2.29. The van der Waals surface area contributed by atoms with Crippen LogP contribution >= 0.6 is 11.3 Å². The van der Waals surface area contributed by atoms with E-state index in [1.165, 1.54) is 16.2 Å². The number of Topliss-reactive ketones (excluding diaryl/α,β-unsaturated/α-hetero) is 1. The molecule has 1 unspecified atom stereocenters. The molecule has 40 heavy (non-hydrogen) atoms. The van der Waals surface area contributed by atoms with Gasteiger partial charge in [-0.25, -0.2) is 4.98 Å². The monoisotopic (exact) mass is 556 g/mol. The minimum Gasteiger partial charge on any atom is -0.507 e. The van der Waals surface area contributed by atoms with Crippen LogP contribution in [0.3, 0.4) is 0 Å². The molecule has 5 rings (SSSR count). The van der Waals surface area contributed by atoms with E-state index in [-0.39, 0.29) is 11.3 Å². The number of fused-ring (bicyclic) bond motifs is 1. The highest BCUT2D eigenvalue weighted by molar-refractivity contribution is 7.22. The third-order valence-electron chi connectivity index (χ3n) is 6.85. The maximum absolute atomic E-state index is 13.6. The Morgan fingerprint density at radius 3 is 2.50 bits per heavy atom. The molecular formula is C32H32N2O5S. The van der Waals surface area contributed by atoms with Gasteiger partial charge >= 0.3 is 5.91 Å². The van der Waals surface area contributed by atoms with Crippen molar-refractivity contribution in [1.82, 2.24) is 4.98 Å². The number of carbonyl (C=O) groups excluding carboxylic acids is 2. The molecule has 4 aromatic rings. The van der Waals surface area contributed by atoms with Crippen LogP contribution in [-0.2, 0) is 9.59 Å². The largest absolute Gasteiger partial charge is 0.507 e. The minimum absolute atomic E-state index is 0.00651. The molecular weight excluding hydrogens is 524 g/mol. The van der Waals surface area contributed by atoms with E-state index in [4.69, 9.17) is 14.5 Å². The van der Waals surface area contributed by atoms with E-state index in [0.717, 1.165) is 34.2 Å². The van der Waals surface area contributed by atoms with Gasteiger partial charge in [-0.1, -0.05) is 55.0 Å². The zero-order chi connectivity index (χ0) is 28.4. The van der Waals surface area contributed by atoms with Crippen molar-refractivity contribution in [3.05, 3.63) is 88.5 Å². The number of aromatic nitrogens is 1. The van der Waals surface area contributed by atoms with Crippen LogP contribution in [0.1, 0.15) is 55.0 Å². The topological polar surface area (TPSA) is 89.0 Å². The summed E-state index contributed by atoms with van der Waals surface area (Å²) < 4.78 is 12.4. The number of nitrogens with zero attached hydrogens (tertiary/aromatic N) is 2. The molecule has 1 aromatic heterocycles. The maximum atomic E-state index is 13.6. The first-order valence-electron chi connectivity index (χ1n) is 13.5. The van der Waals surface area contributed by atoms with E-state index in [0.29, 0.717) is 41.0 Å². The number of unbranched alkanes of at least 4 members (excludes halogenated alkanes) is 1. The zero-order valence-corrected chi connectivity index (χ0v) is 23.9. The fourth-order valence-electron chi connectivity index (χ4n) is 4.94. The maximum Gasteiger partial charge on any atom is 0.301 e. The van der Waals surface area contributed by atoms with Crippen molar-refractivity contribution in [1.29, 1.82) is 0 Å². The number of rotatable bonds is 9. The van der Waals surface area contributed by atoms with Crippen molar-refractivity contribution in [2.24, 2.45) is 0 Å². The van der Waals surface area contributed by atoms with Crippen LogP contribution < -0.4 is 14.4 Å². The summed E-state index contributed by atoms with van der Waals surface area (Å²) >= 11 is 1.35. The van der Waals surface area contributed by atoms with E-state index >= 15 is 0 Å². The molecule has 1 aliphatic heterocycles. The van der Waals surface area contributed by atoms with E-state index in [1.807, 2.05) is 45.0 Å². The summed E-state index contributed by atoms with van der Waals surface area (Å²) in [6.07, 6.45) is 1.90. The number of aryl methyl sites for hydroxylation is 2. The third-order valence-corrected chi connectivity index (χ3v) is 7.85. The molecule has 3 aromatic carbocycles. The SMILES string of the molecule is CCCCOc1cccc(/C(O)=C2\C(=O)C(=O)N(c3nc4c(C)cc(C)cc4s3)C2c2ccc(OCC)cc2)c1. The van der Waals surface area contributed by atoms with Crippen LogP contribution in [0, 0.1) is 13.8 Å². The second kappa shape index (κ2) is 11.5. The predicted molar refractivity (Wildman–Crippen MR) is 158 cm³/mol. The standard InChI is InChI=1S/C32H32N2O5S/c1-5-7-15-39-24-10-8-9-22(18-24)29(35)26-28(21-11-13-23(14-12-21)38-6-2)34(31(37)30(26)36)32-33-27-20(4)16-19(3)17-25(27)40-32/h8-14,16-18,28,35H,5-7,15H2,1-4H3/b29-26+. The molecule has 0 spiro atoms. The van der Waals surface area contributed by atoms with Crippen molar-refractivity contribution in [3.8, 4) is 11.5 Å². The van der Waals surface area contributed by atoms with Gasteiger partial charge in [-0.2, -0.15) is 0 Å². The molecule has 0 bridgehead atoms. The van der Waals surface area contributed by atoms with Gasteiger partial charge in [-0.15, -0.1) is 0 Å². The molecule has 1 saturated heterocycles. The quantitative estimate of drug-likeness (QED) is 0.102. The zero-order valence-electron chi connectivity index (χ0n) is 23.1. The number of aliphatic hydroxyl groups excluding tert-OH is 1. The average Bonchev–Trinajstić information content (AvgIpc) is 3.47. The molecule has 2 heterocycles. The van der Waals surface area contributed by atoms with Gasteiger partial charge in [0, 0.05) is 5.56 Å². The highest BCUT2D eigenvalue weighted by Gasteiger charge is 2.48. The van der Waals surface area contributed by atoms with E-state index in [2.05, 4.69) is 6.92 Å². The fourth-order valence-corrected chi connectivity index (χ4v) is 6.11. The minimum atomic E-state index is -0.873. The first-order chi connectivity index (χ1) is 19.3. The summed E-state index contributed by atoms with van der Waals surface area (Å²) in [7, 11) is 0. The Bertz CT molecular complexity index is 1610. The van der Waals surface area contributed by atoms with Crippen molar-refractivity contribution >= 4 is 44.1 Å². The lowest BCUT2D eigenvalue weighted by molar-refractivity contribution is -0.132. The second-order valence-electron chi connectivity index (χ2n) is 9.83. The van der Waals surface area contributed by atoms with Gasteiger partial charge in [-0.3, -0.25) is 14.5 Å². The lowest BCUT2D eigenvalue weighted by atomic mass is 9.95. The van der Waals surface area contributed by atoms with Crippen LogP contribution in [0.4, 0.5) is 5.13 Å². The molecule has 0 aliphatic carbocycles. The number of amides is 1. The lowest BCUT2D eigenvalue weighted by Gasteiger charge is -2.23. The molecule has 8 heteroatoms. The second-order valence-corrected chi connectivity index (χ2v) is 10.8. The third kappa shape index (κ3) is 5.19. The Hall–Kier alpha value is -4.17. The number of aliphatic hydroxyl groups is 1. The highest BCUT2D eigenvalue weighted by Crippen LogP contribution is 2.45. The fraction of sp³-hybridized carbons (Fsp3) is 0.281. The molecule has 1 fully saturated rings. The van der Waals surface area contributed by atoms with Gasteiger partial charge in [0.1, 0.15) is 17.3 Å². The molecule has 1 atom stereocenters. The number of hydrogen-bond acceptors (Lipinski definition) is 7. The van der Waals surface area contributed by atoms with Crippen LogP contribution in [0.15, 0.2) is 66.2 Å². The van der Waals surface area contributed by atoms with Crippen LogP contribution in [0.2, 0.25) is 0 Å². The number of thiazole rings is 1. The summed E-state index contributed by atoms with van der Waals surface area (Å²) in [5.74, 6) is -0.494. The average molecular weight is 557 g/mol. The number of ketones is 1. The van der Waals surface area contributed by atoms with E-state index < -0.39 is 17.7 Å². The number of anilines is 1. The molecule has 1 N–H and O–H groups in total. The van der Waals surface area contributed by atoms with Crippen LogP contribution in [-0.4, -0.2) is 35.0 Å². The predicted octanol–water partition coefficient (Wildman–Crippen LogP) is 7.12. The number of ether oxygens (including phenoxy) is 2. The van der Waals surface area contributed by atoms with Gasteiger partial charge in [0.2, 0.25) is 0 Å². The van der Waals surface area contributed by atoms with Gasteiger partial charge in [0.15, 0.2) is 5.13 Å². The summed E-state index contributed by atoms with van der Waals surface area (Å²) in [5.41, 5.74) is 3.94. The van der Waals surface area contributed by atoms with Crippen LogP contribution in [0.5, 0.6) is 11.5 Å². The van der Waals surface area contributed by atoms with Crippen LogP contribution in [0.25, 0.3) is 16.0 Å². The number of carbonyl (C=O) groups is 2. The van der Waals surface area contributed by atoms with Gasteiger partial charge in [0.05, 0.1) is 35.0 Å². The first kappa shape index (κ1) is 27.4. The van der Waals surface area contributed by atoms with E-state index in [9.17, 15) is 14.7 Å². The van der Waals surface area contributed by atoms with Crippen molar-refractivity contribution in [2.45, 2.75) is 46.6 Å². The van der Waals surface area contributed by atoms with Gasteiger partial charge in [-0.05, 0) is 74.2 Å². The Morgan fingerprint density at radius 2 is 1.77 bits per heavy atom. The normalized spacial score (nSPS) is 16.6. The Kier molecular flexibility index (Phi) is 7.89. The highest BCUT2D eigenvalue weighted by atomic mass is 32.1. The Morgan fingerprint density at radius 1 is 1.00 bits per heavy atom. The van der Waals surface area contributed by atoms with Crippen molar-refractivity contribution in [2.75, 3.05) is 18.1 Å². The van der Waals surface area contributed by atoms with Gasteiger partial charge in [0.25, 0.3) is 5.78 Å². The van der Waals surface area contributed by atoms with Crippen molar-refractivity contribution in [3.63, 3.8) is 0 Å². The van der Waals surface area contributed by atoms with Gasteiger partial charge < -0.3 is 14.6 Å². The van der Waals surface area contributed by atoms with Crippen molar-refractivity contribution < 1.29 is 24.2 Å². The Balaban J connectivity index is 1.65. The van der Waals surface area contributed by atoms with E-state index in [1.54, 1.807) is 36.4 Å².